The molecule has 0 amide bonds. The van der Waals surface area contributed by atoms with E-state index in [2.05, 4.69) is 11.9 Å². The molecular formula is C13H19NO3. The SMILES string of the molecule is C=CCCNCc1cc(OC)c(O)c(OC)c1. The number of phenolic OH excluding ortho intramolecular Hbond substituents is 1. The van der Waals surface area contributed by atoms with Crippen molar-refractivity contribution in [2.45, 2.75) is 13.0 Å². The number of phenols is 1. The van der Waals surface area contributed by atoms with Gasteiger partial charge in [0.1, 0.15) is 0 Å². The zero-order valence-corrected chi connectivity index (χ0v) is 10.3. The maximum atomic E-state index is 9.74. The molecule has 0 bridgehead atoms. The third-order valence-corrected chi connectivity index (χ3v) is 2.39. The predicted molar refractivity (Wildman–Crippen MR) is 67.7 cm³/mol. The number of hydrogen-bond acceptors (Lipinski definition) is 4. The average molecular weight is 237 g/mol. The van der Waals surface area contributed by atoms with E-state index in [4.69, 9.17) is 9.47 Å². The summed E-state index contributed by atoms with van der Waals surface area (Å²) in [5, 5.41) is 13.0. The van der Waals surface area contributed by atoms with Crippen LogP contribution in [0, 0.1) is 0 Å². The third-order valence-electron chi connectivity index (χ3n) is 2.39. The Labute approximate surface area is 102 Å². The summed E-state index contributed by atoms with van der Waals surface area (Å²) in [5.41, 5.74) is 1.00. The lowest BCUT2D eigenvalue weighted by Gasteiger charge is -2.11. The monoisotopic (exact) mass is 237 g/mol. The Morgan fingerprint density at radius 1 is 1.29 bits per heavy atom. The predicted octanol–water partition coefficient (Wildman–Crippen LogP) is 2.08. The third kappa shape index (κ3) is 3.67. The summed E-state index contributed by atoms with van der Waals surface area (Å²) in [6, 6.07) is 3.58. The van der Waals surface area contributed by atoms with Crippen LogP contribution < -0.4 is 14.8 Å². The molecule has 4 nitrogen and oxygen atoms in total. The normalized spacial score (nSPS) is 10.0. The van der Waals surface area contributed by atoms with Crippen LogP contribution in [0.4, 0.5) is 0 Å². The first-order valence-corrected chi connectivity index (χ1v) is 5.48. The maximum Gasteiger partial charge on any atom is 0.200 e. The van der Waals surface area contributed by atoms with Gasteiger partial charge in [0.05, 0.1) is 14.2 Å². The van der Waals surface area contributed by atoms with E-state index in [1.165, 1.54) is 14.2 Å². The molecule has 17 heavy (non-hydrogen) atoms. The van der Waals surface area contributed by atoms with Crippen molar-refractivity contribution in [3.05, 3.63) is 30.4 Å². The maximum absolute atomic E-state index is 9.74. The molecule has 94 valence electrons. The molecule has 0 radical (unpaired) electrons. The van der Waals surface area contributed by atoms with Crippen LogP contribution in [0.2, 0.25) is 0 Å². The lowest BCUT2D eigenvalue weighted by molar-refractivity contribution is 0.339. The number of ether oxygens (including phenoxy) is 2. The van der Waals surface area contributed by atoms with Crippen LogP contribution in [0.1, 0.15) is 12.0 Å². The van der Waals surface area contributed by atoms with Crippen LogP contribution in [0.5, 0.6) is 17.2 Å². The Morgan fingerprint density at radius 2 is 1.88 bits per heavy atom. The molecule has 0 saturated carbocycles. The van der Waals surface area contributed by atoms with E-state index < -0.39 is 0 Å². The fourth-order valence-electron chi connectivity index (χ4n) is 1.49. The van der Waals surface area contributed by atoms with Crippen molar-refractivity contribution in [1.82, 2.24) is 5.32 Å². The average Bonchev–Trinajstić information content (AvgIpc) is 2.36. The fraction of sp³-hybridized carbons (Fsp3) is 0.385. The molecule has 0 spiro atoms. The summed E-state index contributed by atoms with van der Waals surface area (Å²) in [4.78, 5) is 0. The number of nitrogens with one attached hydrogen (secondary N) is 1. The van der Waals surface area contributed by atoms with Crippen molar-refractivity contribution in [2.75, 3.05) is 20.8 Å². The number of hydrogen-bond donors (Lipinski definition) is 2. The molecule has 2 N–H and O–H groups in total. The van der Waals surface area contributed by atoms with Gasteiger partial charge in [-0.25, -0.2) is 0 Å². The zero-order valence-electron chi connectivity index (χ0n) is 10.3. The first kappa shape index (κ1) is 13.4. The van der Waals surface area contributed by atoms with Crippen molar-refractivity contribution in [1.29, 1.82) is 0 Å². The van der Waals surface area contributed by atoms with Gasteiger partial charge in [0.2, 0.25) is 5.75 Å². The molecule has 0 aromatic heterocycles. The van der Waals surface area contributed by atoms with Crippen LogP contribution in [0.25, 0.3) is 0 Å². The molecule has 1 aromatic rings. The summed E-state index contributed by atoms with van der Waals surface area (Å²) in [6.07, 6.45) is 2.79. The van der Waals surface area contributed by atoms with Crippen LogP contribution in [-0.4, -0.2) is 25.9 Å². The van der Waals surface area contributed by atoms with Gasteiger partial charge in [-0.15, -0.1) is 6.58 Å². The molecule has 1 aromatic carbocycles. The van der Waals surface area contributed by atoms with Crippen molar-refractivity contribution in [3.63, 3.8) is 0 Å². The van der Waals surface area contributed by atoms with E-state index >= 15 is 0 Å². The second kappa shape index (κ2) is 6.81. The number of benzene rings is 1. The van der Waals surface area contributed by atoms with Gasteiger partial charge in [0.15, 0.2) is 11.5 Å². The highest BCUT2D eigenvalue weighted by Crippen LogP contribution is 2.36. The van der Waals surface area contributed by atoms with Crippen molar-refractivity contribution >= 4 is 0 Å². The summed E-state index contributed by atoms with van der Waals surface area (Å²) in [5.74, 6) is 0.875. The summed E-state index contributed by atoms with van der Waals surface area (Å²) in [6.45, 7) is 5.22. The molecule has 0 heterocycles. The second-order valence-corrected chi connectivity index (χ2v) is 3.60. The minimum absolute atomic E-state index is 0.0323. The molecule has 0 aliphatic heterocycles. The molecule has 4 heteroatoms. The van der Waals surface area contributed by atoms with Crippen molar-refractivity contribution in [3.8, 4) is 17.2 Å². The summed E-state index contributed by atoms with van der Waals surface area (Å²) in [7, 11) is 3.03. The van der Waals surface area contributed by atoms with Crippen LogP contribution in [-0.2, 0) is 6.54 Å². The first-order chi connectivity index (χ1) is 8.22. The topological polar surface area (TPSA) is 50.7 Å². The lowest BCUT2D eigenvalue weighted by Crippen LogP contribution is -2.14. The van der Waals surface area contributed by atoms with E-state index in [0.29, 0.717) is 18.0 Å². The van der Waals surface area contributed by atoms with E-state index in [9.17, 15) is 5.11 Å². The van der Waals surface area contributed by atoms with E-state index in [0.717, 1.165) is 18.5 Å². The fourth-order valence-corrected chi connectivity index (χ4v) is 1.49. The van der Waals surface area contributed by atoms with E-state index in [-0.39, 0.29) is 5.75 Å². The number of methoxy groups -OCH3 is 2. The largest absolute Gasteiger partial charge is 0.502 e. The van der Waals surface area contributed by atoms with Crippen LogP contribution in [0.15, 0.2) is 24.8 Å². The molecule has 0 fully saturated rings. The minimum atomic E-state index is 0.0323. The first-order valence-electron chi connectivity index (χ1n) is 5.48. The molecular weight excluding hydrogens is 218 g/mol. The smallest absolute Gasteiger partial charge is 0.200 e. The van der Waals surface area contributed by atoms with E-state index in [1.807, 2.05) is 6.08 Å². The summed E-state index contributed by atoms with van der Waals surface area (Å²) < 4.78 is 10.2. The Bertz CT molecular complexity index is 352. The Balaban J connectivity index is 2.75. The molecule has 0 unspecified atom stereocenters. The quantitative estimate of drug-likeness (QED) is 0.563. The Kier molecular flexibility index (Phi) is 5.36. The van der Waals surface area contributed by atoms with E-state index in [1.54, 1.807) is 12.1 Å². The Hall–Kier alpha value is -1.68. The minimum Gasteiger partial charge on any atom is -0.502 e. The standard InChI is InChI=1S/C13H19NO3/c1-4-5-6-14-9-10-7-11(16-2)13(15)12(8-10)17-3/h4,7-8,14-15H,1,5-6,9H2,2-3H3. The Morgan fingerprint density at radius 3 is 2.35 bits per heavy atom. The summed E-state index contributed by atoms with van der Waals surface area (Å²) >= 11 is 0. The second-order valence-electron chi connectivity index (χ2n) is 3.60. The van der Waals surface area contributed by atoms with Crippen molar-refractivity contribution in [2.24, 2.45) is 0 Å². The van der Waals surface area contributed by atoms with Crippen LogP contribution >= 0.6 is 0 Å². The molecule has 0 atom stereocenters. The molecule has 0 aliphatic carbocycles. The zero-order chi connectivity index (χ0) is 12.7. The van der Waals surface area contributed by atoms with Gasteiger partial charge in [0.25, 0.3) is 0 Å². The number of rotatable bonds is 7. The van der Waals surface area contributed by atoms with Gasteiger partial charge in [-0.05, 0) is 30.7 Å². The highest BCUT2D eigenvalue weighted by Gasteiger charge is 2.10. The van der Waals surface area contributed by atoms with Crippen molar-refractivity contribution < 1.29 is 14.6 Å². The molecule has 1 rings (SSSR count). The molecule has 0 aliphatic rings. The van der Waals surface area contributed by atoms with Gasteiger partial charge in [-0.3, -0.25) is 0 Å². The van der Waals surface area contributed by atoms with Gasteiger partial charge < -0.3 is 19.9 Å². The van der Waals surface area contributed by atoms with Gasteiger partial charge in [-0.2, -0.15) is 0 Å². The van der Waals surface area contributed by atoms with Crippen LogP contribution in [0.3, 0.4) is 0 Å². The van der Waals surface area contributed by atoms with Gasteiger partial charge >= 0.3 is 0 Å². The highest BCUT2D eigenvalue weighted by atomic mass is 16.5. The van der Waals surface area contributed by atoms with Gasteiger partial charge in [-0.1, -0.05) is 6.08 Å². The van der Waals surface area contributed by atoms with Gasteiger partial charge in [0, 0.05) is 6.54 Å². The lowest BCUT2D eigenvalue weighted by atomic mass is 10.2. The highest BCUT2D eigenvalue weighted by molar-refractivity contribution is 5.52. The molecule has 0 saturated heterocycles. The number of aromatic hydroxyl groups is 1.